The van der Waals surface area contributed by atoms with Crippen LogP contribution in [0, 0.1) is 6.92 Å². The third kappa shape index (κ3) is 3.71. The molecule has 0 unspecified atom stereocenters. The zero-order valence-corrected chi connectivity index (χ0v) is 14.4. The van der Waals surface area contributed by atoms with Gasteiger partial charge < -0.3 is 14.2 Å². The van der Waals surface area contributed by atoms with Crippen molar-refractivity contribution in [2.45, 2.75) is 19.6 Å². The van der Waals surface area contributed by atoms with Crippen LogP contribution in [0.25, 0.3) is 0 Å². The molecule has 1 atom stereocenters. The summed E-state index contributed by atoms with van der Waals surface area (Å²) in [6.07, 6.45) is 3.85. The van der Waals surface area contributed by atoms with Gasteiger partial charge in [0.2, 0.25) is 0 Å². The Morgan fingerprint density at radius 1 is 1.35 bits per heavy atom. The molecule has 0 bridgehead atoms. The van der Waals surface area contributed by atoms with E-state index in [-0.39, 0.29) is 6.10 Å². The Bertz CT molecular complexity index is 667. The van der Waals surface area contributed by atoms with Crippen molar-refractivity contribution in [3.63, 3.8) is 0 Å². The highest BCUT2D eigenvalue weighted by atomic mass is 16.5. The van der Waals surface area contributed by atoms with Crippen molar-refractivity contribution in [1.29, 1.82) is 0 Å². The molecule has 0 aliphatic carbocycles. The fourth-order valence-corrected chi connectivity index (χ4v) is 2.87. The first-order valence-corrected chi connectivity index (χ1v) is 7.99. The summed E-state index contributed by atoms with van der Waals surface area (Å²) in [5.74, 6) is 1.08. The molecule has 3 rings (SSSR count). The van der Waals surface area contributed by atoms with E-state index in [0.717, 1.165) is 49.1 Å². The summed E-state index contributed by atoms with van der Waals surface area (Å²) in [6, 6.07) is 4.22. The average molecular weight is 315 g/mol. The van der Waals surface area contributed by atoms with Crippen molar-refractivity contribution in [1.82, 2.24) is 19.4 Å². The Hall–Kier alpha value is -1.92. The third-order valence-electron chi connectivity index (χ3n) is 4.24. The van der Waals surface area contributed by atoms with E-state index in [1.165, 1.54) is 0 Å². The number of pyridine rings is 1. The van der Waals surface area contributed by atoms with Crippen LogP contribution in [0.15, 0.2) is 24.5 Å². The lowest BCUT2D eigenvalue weighted by Gasteiger charge is -2.32. The van der Waals surface area contributed by atoms with Gasteiger partial charge in [-0.2, -0.15) is 0 Å². The normalized spacial score (nSPS) is 19.0. The largest absolute Gasteiger partial charge is 0.378 e. The maximum Gasteiger partial charge on any atom is 0.122 e. The number of morpholine rings is 1. The smallest absolute Gasteiger partial charge is 0.122 e. The Morgan fingerprint density at radius 2 is 2.17 bits per heavy atom. The van der Waals surface area contributed by atoms with E-state index in [4.69, 9.17) is 4.74 Å². The number of aryl methyl sites for hydroxylation is 2. The molecule has 1 aliphatic heterocycles. The quantitative estimate of drug-likeness (QED) is 0.860. The van der Waals surface area contributed by atoms with E-state index in [9.17, 15) is 0 Å². The monoisotopic (exact) mass is 315 g/mol. The second kappa shape index (κ2) is 6.68. The van der Waals surface area contributed by atoms with E-state index < -0.39 is 0 Å². The molecule has 0 saturated carbocycles. The molecule has 1 fully saturated rings. The Balaban J connectivity index is 1.74. The van der Waals surface area contributed by atoms with Crippen molar-refractivity contribution in [2.75, 3.05) is 38.7 Å². The molecule has 124 valence electrons. The maximum absolute atomic E-state index is 5.98. The highest BCUT2D eigenvalue weighted by molar-refractivity contribution is 5.47. The van der Waals surface area contributed by atoms with E-state index in [0.29, 0.717) is 0 Å². The fraction of sp³-hybridized carbons (Fsp3) is 0.529. The van der Waals surface area contributed by atoms with Gasteiger partial charge in [-0.25, -0.2) is 4.98 Å². The predicted octanol–water partition coefficient (Wildman–Crippen LogP) is 1.76. The van der Waals surface area contributed by atoms with E-state index in [1.807, 2.05) is 40.5 Å². The summed E-state index contributed by atoms with van der Waals surface area (Å²) in [5, 5.41) is 0. The summed E-state index contributed by atoms with van der Waals surface area (Å²) in [7, 11) is 6.13. The van der Waals surface area contributed by atoms with Gasteiger partial charge in [-0.15, -0.1) is 0 Å². The molecule has 23 heavy (non-hydrogen) atoms. The lowest BCUT2D eigenvalue weighted by Crippen LogP contribution is -2.38. The molecule has 2 aromatic heterocycles. The number of rotatable bonds is 4. The second-order valence-electron chi connectivity index (χ2n) is 6.33. The molecule has 6 nitrogen and oxygen atoms in total. The number of hydrogen-bond acceptors (Lipinski definition) is 5. The number of anilines is 1. The van der Waals surface area contributed by atoms with Gasteiger partial charge in [0.1, 0.15) is 11.9 Å². The van der Waals surface area contributed by atoms with Crippen molar-refractivity contribution in [3.8, 4) is 0 Å². The van der Waals surface area contributed by atoms with Crippen LogP contribution >= 0.6 is 0 Å². The van der Waals surface area contributed by atoms with Crippen LogP contribution in [0.4, 0.5) is 5.69 Å². The molecule has 0 amide bonds. The molecular formula is C17H25N5O. The van der Waals surface area contributed by atoms with Crippen LogP contribution < -0.4 is 4.90 Å². The van der Waals surface area contributed by atoms with E-state index in [1.54, 1.807) is 0 Å². The van der Waals surface area contributed by atoms with Gasteiger partial charge in [0.15, 0.2) is 0 Å². The highest BCUT2D eigenvalue weighted by Crippen LogP contribution is 2.25. The molecule has 0 spiro atoms. The molecule has 3 heterocycles. The average Bonchev–Trinajstić information content (AvgIpc) is 2.92. The van der Waals surface area contributed by atoms with E-state index in [2.05, 4.69) is 36.5 Å². The fourth-order valence-electron chi connectivity index (χ4n) is 2.87. The molecule has 0 N–H and O–H groups in total. The summed E-state index contributed by atoms with van der Waals surface area (Å²) in [6.45, 7) is 5.37. The predicted molar refractivity (Wildman–Crippen MR) is 90.5 cm³/mol. The van der Waals surface area contributed by atoms with Gasteiger partial charge in [-0.3, -0.25) is 9.88 Å². The van der Waals surface area contributed by atoms with Crippen LogP contribution in [-0.2, 0) is 18.3 Å². The lowest BCUT2D eigenvalue weighted by molar-refractivity contribution is -0.0359. The van der Waals surface area contributed by atoms with Crippen LogP contribution in [0.1, 0.15) is 23.3 Å². The lowest BCUT2D eigenvalue weighted by atomic mass is 10.1. The minimum Gasteiger partial charge on any atom is -0.378 e. The highest BCUT2D eigenvalue weighted by Gasteiger charge is 2.24. The Morgan fingerprint density at radius 3 is 2.87 bits per heavy atom. The van der Waals surface area contributed by atoms with Crippen LogP contribution in [-0.4, -0.2) is 53.2 Å². The first-order valence-electron chi connectivity index (χ1n) is 7.99. The Labute approximate surface area is 137 Å². The van der Waals surface area contributed by atoms with Crippen molar-refractivity contribution >= 4 is 5.69 Å². The van der Waals surface area contributed by atoms with Crippen LogP contribution in [0.5, 0.6) is 0 Å². The number of nitrogens with zero attached hydrogens (tertiary/aromatic N) is 5. The van der Waals surface area contributed by atoms with Gasteiger partial charge >= 0.3 is 0 Å². The molecule has 1 aliphatic rings. The van der Waals surface area contributed by atoms with Gasteiger partial charge in [-0.05, 0) is 19.1 Å². The first kappa shape index (κ1) is 16.0. The van der Waals surface area contributed by atoms with Gasteiger partial charge in [0.25, 0.3) is 0 Å². The van der Waals surface area contributed by atoms with Gasteiger partial charge in [-0.1, -0.05) is 0 Å². The third-order valence-corrected chi connectivity index (χ3v) is 4.24. The van der Waals surface area contributed by atoms with Crippen molar-refractivity contribution in [2.24, 2.45) is 7.05 Å². The standard InChI is InChI=1S/C17H25N5O/c1-13-9-14(20(2)3)10-15(19-13)16-11-22(7-8-23-16)12-17-18-5-6-21(17)4/h5-6,9-10,16H,7-8,11-12H2,1-4H3/t16-/m0/s1. The summed E-state index contributed by atoms with van der Waals surface area (Å²) < 4.78 is 8.05. The Kier molecular flexibility index (Phi) is 4.63. The minimum atomic E-state index is 0.0163. The number of hydrogen-bond donors (Lipinski definition) is 0. The number of aromatic nitrogens is 3. The molecule has 6 heteroatoms. The SMILES string of the molecule is Cc1cc(N(C)C)cc([C@@H]2CN(Cc3nccn3C)CCO2)n1. The van der Waals surface area contributed by atoms with Crippen molar-refractivity contribution in [3.05, 3.63) is 41.7 Å². The first-order chi connectivity index (χ1) is 11.0. The molecule has 2 aromatic rings. The summed E-state index contributed by atoms with van der Waals surface area (Å²) in [4.78, 5) is 13.6. The summed E-state index contributed by atoms with van der Waals surface area (Å²) in [5.41, 5.74) is 3.20. The topological polar surface area (TPSA) is 46.4 Å². The van der Waals surface area contributed by atoms with Crippen molar-refractivity contribution < 1.29 is 4.74 Å². The second-order valence-corrected chi connectivity index (χ2v) is 6.33. The number of imidazole rings is 1. The van der Waals surface area contributed by atoms with Gasteiger partial charge in [0.05, 0.1) is 18.8 Å². The van der Waals surface area contributed by atoms with Crippen LogP contribution in [0.2, 0.25) is 0 Å². The summed E-state index contributed by atoms with van der Waals surface area (Å²) >= 11 is 0. The van der Waals surface area contributed by atoms with E-state index >= 15 is 0 Å². The zero-order valence-electron chi connectivity index (χ0n) is 14.4. The number of ether oxygens (including phenoxy) is 1. The maximum atomic E-state index is 5.98. The molecule has 0 radical (unpaired) electrons. The molecule has 0 aromatic carbocycles. The van der Waals surface area contributed by atoms with Gasteiger partial charge in [0, 0.05) is 58.0 Å². The minimum absolute atomic E-state index is 0.0163. The van der Waals surface area contributed by atoms with Crippen LogP contribution in [0.3, 0.4) is 0 Å². The molecular weight excluding hydrogens is 290 g/mol. The molecule has 1 saturated heterocycles. The zero-order chi connectivity index (χ0) is 16.4.